The lowest BCUT2D eigenvalue weighted by Crippen LogP contribution is -2.50. The summed E-state index contributed by atoms with van der Waals surface area (Å²) in [5.41, 5.74) is 5.60. The molecular weight excluding hydrogens is 294 g/mol. The standard InChI is InChI=1S/C14H20ClN3OS/c1-13(2,3)9-10(15)17-12(20-9)18-5-4-14(11(18)19)6-8(16)7-14/h8H,4-7,16H2,1-3H3. The molecule has 2 fully saturated rings. The van der Waals surface area contributed by atoms with Crippen LogP contribution in [0.25, 0.3) is 0 Å². The minimum absolute atomic E-state index is 0.0493. The second-order valence-corrected chi connectivity index (χ2v) is 8.36. The number of amides is 1. The van der Waals surface area contributed by atoms with Gasteiger partial charge in [-0.05, 0) is 24.7 Å². The number of carbonyl (C=O) groups excluding carboxylic acids is 1. The summed E-state index contributed by atoms with van der Waals surface area (Å²) in [4.78, 5) is 19.9. The molecule has 0 radical (unpaired) electrons. The molecule has 3 rings (SSSR count). The number of nitrogens with zero attached hydrogens (tertiary/aromatic N) is 2. The molecule has 6 heteroatoms. The fourth-order valence-corrected chi connectivity index (χ4v) is 4.76. The highest BCUT2D eigenvalue weighted by Gasteiger charge is 2.54. The maximum Gasteiger partial charge on any atom is 0.235 e. The number of carbonyl (C=O) groups is 1. The highest BCUT2D eigenvalue weighted by atomic mass is 35.5. The van der Waals surface area contributed by atoms with E-state index in [-0.39, 0.29) is 22.8 Å². The van der Waals surface area contributed by atoms with Crippen molar-refractivity contribution in [3.05, 3.63) is 10.0 Å². The number of nitrogens with two attached hydrogens (primary N) is 1. The van der Waals surface area contributed by atoms with Gasteiger partial charge in [0.25, 0.3) is 0 Å². The van der Waals surface area contributed by atoms with Crippen LogP contribution in [0.3, 0.4) is 0 Å². The second-order valence-electron chi connectivity index (χ2n) is 7.02. The van der Waals surface area contributed by atoms with Crippen molar-refractivity contribution in [3.8, 4) is 0 Å². The Labute approximate surface area is 128 Å². The molecule has 0 bridgehead atoms. The Balaban J connectivity index is 1.87. The highest BCUT2D eigenvalue weighted by molar-refractivity contribution is 7.16. The summed E-state index contributed by atoms with van der Waals surface area (Å²) < 4.78 is 0. The van der Waals surface area contributed by atoms with Gasteiger partial charge in [-0.1, -0.05) is 43.7 Å². The van der Waals surface area contributed by atoms with Crippen LogP contribution in [-0.2, 0) is 10.2 Å². The minimum Gasteiger partial charge on any atom is -0.328 e. The minimum atomic E-state index is -0.209. The SMILES string of the molecule is CC(C)(C)c1sc(N2CCC3(CC(N)C3)C2=O)nc1Cl. The normalized spacial score (nSPS) is 30.1. The average molecular weight is 314 g/mol. The number of hydrogen-bond donors (Lipinski definition) is 1. The molecule has 0 unspecified atom stereocenters. The molecular formula is C14H20ClN3OS. The Hall–Kier alpha value is -0.650. The van der Waals surface area contributed by atoms with E-state index in [9.17, 15) is 4.79 Å². The van der Waals surface area contributed by atoms with Crippen LogP contribution in [0, 0.1) is 5.41 Å². The average Bonchev–Trinajstić information content (AvgIpc) is 2.80. The molecule has 1 amide bonds. The third kappa shape index (κ3) is 2.07. The first-order valence-electron chi connectivity index (χ1n) is 6.97. The zero-order valence-corrected chi connectivity index (χ0v) is 13.6. The third-order valence-corrected chi connectivity index (χ3v) is 6.19. The summed E-state index contributed by atoms with van der Waals surface area (Å²) in [6.45, 7) is 7.05. The number of thiazole rings is 1. The second kappa shape index (κ2) is 4.42. The Bertz CT molecular complexity index is 557. The van der Waals surface area contributed by atoms with Crippen molar-refractivity contribution in [3.63, 3.8) is 0 Å². The topological polar surface area (TPSA) is 59.2 Å². The number of halogens is 1. The van der Waals surface area contributed by atoms with Crippen molar-refractivity contribution in [1.29, 1.82) is 0 Å². The lowest BCUT2D eigenvalue weighted by molar-refractivity contribution is -0.130. The fraction of sp³-hybridized carbons (Fsp3) is 0.714. The van der Waals surface area contributed by atoms with Gasteiger partial charge in [-0.15, -0.1) is 0 Å². The monoisotopic (exact) mass is 313 g/mol. The molecule has 1 aliphatic carbocycles. The largest absolute Gasteiger partial charge is 0.328 e. The molecule has 1 saturated heterocycles. The molecule has 1 aliphatic heterocycles. The molecule has 1 spiro atoms. The molecule has 2 N–H and O–H groups in total. The fourth-order valence-electron chi connectivity index (χ4n) is 3.19. The smallest absolute Gasteiger partial charge is 0.235 e. The summed E-state index contributed by atoms with van der Waals surface area (Å²) in [6, 6.07) is 0.184. The Morgan fingerprint density at radius 2 is 2.10 bits per heavy atom. The lowest BCUT2D eigenvalue weighted by atomic mass is 9.65. The maximum atomic E-state index is 12.6. The third-order valence-electron chi connectivity index (χ3n) is 4.31. The van der Waals surface area contributed by atoms with Gasteiger partial charge < -0.3 is 5.73 Å². The van der Waals surface area contributed by atoms with Gasteiger partial charge >= 0.3 is 0 Å². The van der Waals surface area contributed by atoms with Crippen molar-refractivity contribution in [2.75, 3.05) is 11.4 Å². The van der Waals surface area contributed by atoms with Crippen LogP contribution >= 0.6 is 22.9 Å². The van der Waals surface area contributed by atoms with E-state index in [1.807, 2.05) is 0 Å². The highest BCUT2D eigenvalue weighted by Crippen LogP contribution is 2.50. The molecule has 20 heavy (non-hydrogen) atoms. The molecule has 4 nitrogen and oxygen atoms in total. The van der Waals surface area contributed by atoms with Gasteiger partial charge in [-0.2, -0.15) is 0 Å². The predicted molar refractivity (Wildman–Crippen MR) is 82.4 cm³/mol. The van der Waals surface area contributed by atoms with Crippen molar-refractivity contribution in [2.24, 2.45) is 11.1 Å². The van der Waals surface area contributed by atoms with E-state index in [2.05, 4.69) is 25.8 Å². The quantitative estimate of drug-likeness (QED) is 0.867. The first kappa shape index (κ1) is 14.3. The van der Waals surface area contributed by atoms with Gasteiger partial charge in [-0.25, -0.2) is 4.98 Å². The summed E-state index contributed by atoms with van der Waals surface area (Å²) in [5.74, 6) is 0.185. The first-order chi connectivity index (χ1) is 9.23. The van der Waals surface area contributed by atoms with Crippen LogP contribution in [-0.4, -0.2) is 23.5 Å². The lowest BCUT2D eigenvalue weighted by Gasteiger charge is -2.41. The van der Waals surface area contributed by atoms with E-state index in [4.69, 9.17) is 17.3 Å². The maximum absolute atomic E-state index is 12.6. The van der Waals surface area contributed by atoms with Gasteiger partial charge in [0.2, 0.25) is 5.91 Å². The van der Waals surface area contributed by atoms with Crippen molar-refractivity contribution < 1.29 is 4.79 Å². The van der Waals surface area contributed by atoms with Crippen molar-refractivity contribution in [2.45, 2.75) is 51.5 Å². The molecule has 0 atom stereocenters. The summed E-state index contributed by atoms with van der Waals surface area (Å²) in [7, 11) is 0. The predicted octanol–water partition coefficient (Wildman–Crippen LogP) is 2.94. The molecule has 1 saturated carbocycles. The summed E-state index contributed by atoms with van der Waals surface area (Å²) in [6.07, 6.45) is 2.52. The molecule has 1 aromatic heterocycles. The van der Waals surface area contributed by atoms with E-state index < -0.39 is 0 Å². The van der Waals surface area contributed by atoms with Crippen molar-refractivity contribution >= 4 is 34.0 Å². The van der Waals surface area contributed by atoms with Gasteiger partial charge in [0.15, 0.2) is 5.13 Å². The first-order valence-corrected chi connectivity index (χ1v) is 8.17. The number of rotatable bonds is 1. The number of anilines is 1. The molecule has 2 aliphatic rings. The van der Waals surface area contributed by atoms with Gasteiger partial charge in [0.1, 0.15) is 5.15 Å². The molecule has 2 heterocycles. The zero-order chi connectivity index (χ0) is 14.7. The Kier molecular flexibility index (Phi) is 3.16. The van der Waals surface area contributed by atoms with Crippen LogP contribution in [0.2, 0.25) is 5.15 Å². The van der Waals surface area contributed by atoms with Gasteiger partial charge in [-0.3, -0.25) is 9.69 Å². The molecule has 110 valence electrons. The van der Waals surface area contributed by atoms with E-state index in [0.717, 1.165) is 35.8 Å². The van der Waals surface area contributed by atoms with E-state index >= 15 is 0 Å². The van der Waals surface area contributed by atoms with E-state index in [1.165, 1.54) is 11.3 Å². The molecule has 1 aromatic rings. The van der Waals surface area contributed by atoms with Crippen LogP contribution in [0.5, 0.6) is 0 Å². The molecule has 0 aromatic carbocycles. The van der Waals surface area contributed by atoms with Gasteiger partial charge in [0, 0.05) is 12.6 Å². The van der Waals surface area contributed by atoms with Gasteiger partial charge in [0.05, 0.1) is 10.3 Å². The number of aromatic nitrogens is 1. The van der Waals surface area contributed by atoms with E-state index in [1.54, 1.807) is 4.90 Å². The van der Waals surface area contributed by atoms with Crippen LogP contribution in [0.15, 0.2) is 0 Å². The van der Waals surface area contributed by atoms with Crippen LogP contribution < -0.4 is 10.6 Å². The van der Waals surface area contributed by atoms with Crippen LogP contribution in [0.1, 0.15) is 44.9 Å². The zero-order valence-electron chi connectivity index (χ0n) is 12.1. The van der Waals surface area contributed by atoms with Crippen LogP contribution in [0.4, 0.5) is 5.13 Å². The van der Waals surface area contributed by atoms with E-state index in [0.29, 0.717) is 5.15 Å². The summed E-state index contributed by atoms with van der Waals surface area (Å²) in [5, 5.41) is 1.26. The summed E-state index contributed by atoms with van der Waals surface area (Å²) >= 11 is 7.77. The number of hydrogen-bond acceptors (Lipinski definition) is 4. The Morgan fingerprint density at radius 1 is 1.45 bits per heavy atom. The van der Waals surface area contributed by atoms with Crippen molar-refractivity contribution in [1.82, 2.24) is 4.98 Å². The Morgan fingerprint density at radius 3 is 2.60 bits per heavy atom.